The molecule has 1 N–H and O–H groups in total. The summed E-state index contributed by atoms with van der Waals surface area (Å²) >= 11 is 0. The molecular formula is C14H28N2O. The highest BCUT2D eigenvalue weighted by molar-refractivity contribution is 4.90. The Hall–Kier alpha value is -0.120. The molecular weight excluding hydrogens is 212 g/mol. The topological polar surface area (TPSA) is 24.5 Å². The first-order chi connectivity index (χ1) is 8.28. The first kappa shape index (κ1) is 13.3. The van der Waals surface area contributed by atoms with Crippen LogP contribution >= 0.6 is 0 Å². The average Bonchev–Trinajstić information content (AvgIpc) is 2.79. The van der Waals surface area contributed by atoms with E-state index in [1.165, 1.54) is 51.9 Å². The van der Waals surface area contributed by atoms with Gasteiger partial charge in [0, 0.05) is 26.2 Å². The molecule has 2 fully saturated rings. The summed E-state index contributed by atoms with van der Waals surface area (Å²) in [5, 5.41) is 3.53. The van der Waals surface area contributed by atoms with Crippen LogP contribution in [0.1, 0.15) is 39.5 Å². The second-order valence-electron chi connectivity index (χ2n) is 5.74. The van der Waals surface area contributed by atoms with Crippen LogP contribution in [-0.2, 0) is 4.74 Å². The summed E-state index contributed by atoms with van der Waals surface area (Å²) < 4.78 is 5.79. The van der Waals surface area contributed by atoms with Gasteiger partial charge in [-0.1, -0.05) is 6.92 Å². The van der Waals surface area contributed by atoms with Gasteiger partial charge < -0.3 is 15.0 Å². The molecule has 2 unspecified atom stereocenters. The lowest BCUT2D eigenvalue weighted by Gasteiger charge is -2.38. The van der Waals surface area contributed by atoms with Crippen LogP contribution in [0.15, 0.2) is 0 Å². The minimum absolute atomic E-state index is 0.483. The van der Waals surface area contributed by atoms with E-state index >= 15 is 0 Å². The van der Waals surface area contributed by atoms with E-state index in [1.807, 2.05) is 0 Å². The van der Waals surface area contributed by atoms with Crippen molar-refractivity contribution in [1.29, 1.82) is 0 Å². The monoisotopic (exact) mass is 240 g/mol. The third kappa shape index (κ3) is 3.43. The van der Waals surface area contributed by atoms with Crippen molar-refractivity contribution in [2.75, 3.05) is 39.3 Å². The molecule has 0 aromatic rings. The van der Waals surface area contributed by atoms with Gasteiger partial charge in [-0.3, -0.25) is 0 Å². The summed E-state index contributed by atoms with van der Waals surface area (Å²) in [7, 11) is 0. The maximum absolute atomic E-state index is 5.79. The predicted octanol–water partition coefficient (Wildman–Crippen LogP) is 1.88. The zero-order valence-corrected chi connectivity index (χ0v) is 11.5. The van der Waals surface area contributed by atoms with Crippen LogP contribution in [0, 0.1) is 5.41 Å². The predicted molar refractivity (Wildman–Crippen MR) is 71.3 cm³/mol. The second-order valence-corrected chi connectivity index (χ2v) is 5.74. The van der Waals surface area contributed by atoms with E-state index in [0.29, 0.717) is 11.5 Å². The molecule has 0 bridgehead atoms. The Morgan fingerprint density at radius 3 is 2.94 bits per heavy atom. The van der Waals surface area contributed by atoms with Crippen molar-refractivity contribution in [3.63, 3.8) is 0 Å². The molecule has 2 atom stereocenters. The van der Waals surface area contributed by atoms with Gasteiger partial charge in [0.2, 0.25) is 0 Å². The van der Waals surface area contributed by atoms with Gasteiger partial charge in [0.25, 0.3) is 0 Å². The van der Waals surface area contributed by atoms with Gasteiger partial charge in [0.15, 0.2) is 0 Å². The number of nitrogens with zero attached hydrogens (tertiary/aromatic N) is 1. The fourth-order valence-electron chi connectivity index (χ4n) is 3.35. The normalized spacial score (nSPS) is 35.3. The smallest absolute Gasteiger partial charge is 0.0702 e. The fraction of sp³-hybridized carbons (Fsp3) is 1.00. The highest BCUT2D eigenvalue weighted by Gasteiger charge is 2.35. The number of rotatable bonds is 5. The minimum Gasteiger partial charge on any atom is -0.377 e. The zero-order chi connectivity index (χ0) is 12.1. The molecule has 0 amide bonds. The van der Waals surface area contributed by atoms with Crippen LogP contribution in [0.25, 0.3) is 0 Å². The van der Waals surface area contributed by atoms with E-state index < -0.39 is 0 Å². The Kier molecular flexibility index (Phi) is 4.83. The van der Waals surface area contributed by atoms with Gasteiger partial charge in [-0.05, 0) is 51.1 Å². The molecule has 2 saturated heterocycles. The molecule has 17 heavy (non-hydrogen) atoms. The standard InChI is InChI=1S/C14H28N2O/c1-3-14(7-8-15-11-14)12-16-9-5-6-13(10-16)17-4-2/h13,15H,3-12H2,1-2H3. The summed E-state index contributed by atoms with van der Waals surface area (Å²) in [6.07, 6.45) is 5.69. The molecule has 2 heterocycles. The van der Waals surface area contributed by atoms with Crippen LogP contribution in [0.3, 0.4) is 0 Å². The number of piperidine rings is 1. The third-order valence-electron chi connectivity index (χ3n) is 4.51. The quantitative estimate of drug-likeness (QED) is 0.794. The van der Waals surface area contributed by atoms with Gasteiger partial charge in [-0.2, -0.15) is 0 Å². The van der Waals surface area contributed by atoms with Crippen LogP contribution in [0.4, 0.5) is 0 Å². The van der Waals surface area contributed by atoms with Crippen molar-refractivity contribution < 1.29 is 4.74 Å². The van der Waals surface area contributed by atoms with E-state index in [0.717, 1.165) is 13.2 Å². The molecule has 2 aliphatic rings. The van der Waals surface area contributed by atoms with E-state index in [-0.39, 0.29) is 0 Å². The Morgan fingerprint density at radius 1 is 1.41 bits per heavy atom. The molecule has 2 aliphatic heterocycles. The van der Waals surface area contributed by atoms with Crippen molar-refractivity contribution in [3.8, 4) is 0 Å². The lowest BCUT2D eigenvalue weighted by Crippen LogP contribution is -2.46. The number of ether oxygens (including phenoxy) is 1. The highest BCUT2D eigenvalue weighted by atomic mass is 16.5. The number of nitrogens with one attached hydrogen (secondary N) is 1. The van der Waals surface area contributed by atoms with Crippen molar-refractivity contribution in [1.82, 2.24) is 10.2 Å². The van der Waals surface area contributed by atoms with Crippen LogP contribution in [0.2, 0.25) is 0 Å². The van der Waals surface area contributed by atoms with Crippen molar-refractivity contribution in [3.05, 3.63) is 0 Å². The number of hydrogen-bond donors (Lipinski definition) is 1. The van der Waals surface area contributed by atoms with Crippen molar-refractivity contribution >= 4 is 0 Å². The van der Waals surface area contributed by atoms with E-state index in [9.17, 15) is 0 Å². The molecule has 3 nitrogen and oxygen atoms in total. The maximum Gasteiger partial charge on any atom is 0.0702 e. The molecule has 0 spiro atoms. The molecule has 0 aromatic carbocycles. The van der Waals surface area contributed by atoms with Gasteiger partial charge >= 0.3 is 0 Å². The highest BCUT2D eigenvalue weighted by Crippen LogP contribution is 2.31. The molecule has 0 aromatic heterocycles. The first-order valence-corrected chi connectivity index (χ1v) is 7.33. The van der Waals surface area contributed by atoms with Crippen molar-refractivity contribution in [2.24, 2.45) is 5.41 Å². The molecule has 3 heteroatoms. The summed E-state index contributed by atoms with van der Waals surface area (Å²) in [6, 6.07) is 0. The first-order valence-electron chi connectivity index (χ1n) is 7.33. The minimum atomic E-state index is 0.483. The Morgan fingerprint density at radius 2 is 2.29 bits per heavy atom. The second kappa shape index (κ2) is 6.17. The lowest BCUT2D eigenvalue weighted by molar-refractivity contribution is -0.00555. The van der Waals surface area contributed by atoms with Gasteiger partial charge in [-0.15, -0.1) is 0 Å². The van der Waals surface area contributed by atoms with E-state index in [4.69, 9.17) is 4.74 Å². The molecule has 100 valence electrons. The molecule has 0 aliphatic carbocycles. The Labute approximate surface area is 106 Å². The van der Waals surface area contributed by atoms with Crippen molar-refractivity contribution in [2.45, 2.75) is 45.6 Å². The fourth-order valence-corrected chi connectivity index (χ4v) is 3.35. The SMILES string of the molecule is CCOC1CCCN(CC2(CC)CCNC2)C1. The average molecular weight is 240 g/mol. The van der Waals surface area contributed by atoms with Crippen LogP contribution < -0.4 is 5.32 Å². The van der Waals surface area contributed by atoms with E-state index in [1.54, 1.807) is 0 Å². The third-order valence-corrected chi connectivity index (χ3v) is 4.51. The summed E-state index contributed by atoms with van der Waals surface area (Å²) in [4.78, 5) is 2.64. The number of hydrogen-bond acceptors (Lipinski definition) is 3. The van der Waals surface area contributed by atoms with E-state index in [2.05, 4.69) is 24.1 Å². The largest absolute Gasteiger partial charge is 0.377 e. The number of likely N-dealkylation sites (tertiary alicyclic amines) is 1. The molecule has 0 saturated carbocycles. The van der Waals surface area contributed by atoms with Crippen LogP contribution in [0.5, 0.6) is 0 Å². The zero-order valence-electron chi connectivity index (χ0n) is 11.5. The maximum atomic E-state index is 5.79. The lowest BCUT2D eigenvalue weighted by atomic mass is 9.83. The summed E-state index contributed by atoms with van der Waals surface area (Å²) in [5.74, 6) is 0. The van der Waals surface area contributed by atoms with Gasteiger partial charge in [0.05, 0.1) is 6.10 Å². The van der Waals surface area contributed by atoms with Crippen LogP contribution in [-0.4, -0.2) is 50.3 Å². The molecule has 0 radical (unpaired) electrons. The molecule has 2 rings (SSSR count). The van der Waals surface area contributed by atoms with Gasteiger partial charge in [0.1, 0.15) is 0 Å². The Bertz CT molecular complexity index is 224. The summed E-state index contributed by atoms with van der Waals surface area (Å²) in [6.45, 7) is 11.4. The Balaban J connectivity index is 1.85. The van der Waals surface area contributed by atoms with Gasteiger partial charge in [-0.25, -0.2) is 0 Å². The summed E-state index contributed by atoms with van der Waals surface area (Å²) in [5.41, 5.74) is 0.536.